The fourth-order valence-corrected chi connectivity index (χ4v) is 5.16. The molecule has 2 fully saturated rings. The quantitative estimate of drug-likeness (QED) is 0.542. The number of fused-ring (bicyclic) bond motifs is 1. The fraction of sp³-hybridized carbons (Fsp3) is 0.375. The molecular weight excluding hydrogens is 485 g/mol. The lowest BCUT2D eigenvalue weighted by Gasteiger charge is -2.23. The van der Waals surface area contributed by atoms with E-state index in [1.165, 1.54) is 39.6 Å². The predicted octanol–water partition coefficient (Wildman–Crippen LogP) is 0.459. The second kappa shape index (κ2) is 8.32. The van der Waals surface area contributed by atoms with Crippen LogP contribution in [0, 0.1) is 5.82 Å². The van der Waals surface area contributed by atoms with Crippen LogP contribution < -0.4 is 26.5 Å². The SMILES string of the molecule is CC(=O)N[C@H]1C[C@]12CN(c1ccc(N3CCn4c(=O)n(-c5ccncc5)c(=O)n4CC3)c(F)c1)C(=O)O2. The minimum atomic E-state index is -0.771. The van der Waals surface area contributed by atoms with Gasteiger partial charge in [0.05, 0.1) is 42.7 Å². The lowest BCUT2D eigenvalue weighted by Crippen LogP contribution is -2.33. The molecule has 3 aromatic rings. The molecule has 2 amide bonds. The molecule has 1 saturated heterocycles. The second-order valence-corrected chi connectivity index (χ2v) is 9.45. The number of hydrogen-bond acceptors (Lipinski definition) is 7. The summed E-state index contributed by atoms with van der Waals surface area (Å²) < 4.78 is 24.6. The number of nitrogens with zero attached hydrogens (tertiary/aromatic N) is 6. The highest BCUT2D eigenvalue weighted by molar-refractivity contribution is 5.91. The number of anilines is 2. The summed E-state index contributed by atoms with van der Waals surface area (Å²) in [5.41, 5.74) is -0.600. The summed E-state index contributed by atoms with van der Waals surface area (Å²) in [6, 6.07) is 7.44. The molecule has 1 aromatic carbocycles. The molecule has 0 bridgehead atoms. The van der Waals surface area contributed by atoms with Crippen LogP contribution in [0.5, 0.6) is 0 Å². The van der Waals surface area contributed by atoms with E-state index in [9.17, 15) is 19.2 Å². The molecule has 4 heterocycles. The lowest BCUT2D eigenvalue weighted by molar-refractivity contribution is -0.119. The van der Waals surface area contributed by atoms with Crippen molar-refractivity contribution in [3.05, 3.63) is 69.5 Å². The molecule has 37 heavy (non-hydrogen) atoms. The molecule has 3 aliphatic rings. The zero-order chi connectivity index (χ0) is 25.9. The van der Waals surface area contributed by atoms with Gasteiger partial charge < -0.3 is 15.0 Å². The molecule has 1 N–H and O–H groups in total. The second-order valence-electron chi connectivity index (χ2n) is 9.45. The van der Waals surface area contributed by atoms with E-state index in [0.29, 0.717) is 36.6 Å². The number of amides is 2. The third-order valence-electron chi connectivity index (χ3n) is 7.12. The largest absolute Gasteiger partial charge is 0.438 e. The first-order chi connectivity index (χ1) is 17.8. The molecule has 12 nitrogen and oxygen atoms in total. The first-order valence-corrected chi connectivity index (χ1v) is 11.9. The number of aromatic nitrogens is 4. The molecule has 2 aromatic heterocycles. The van der Waals surface area contributed by atoms with Crippen LogP contribution in [0.1, 0.15) is 13.3 Å². The molecule has 6 rings (SSSR count). The van der Waals surface area contributed by atoms with Crippen molar-refractivity contribution in [1.29, 1.82) is 0 Å². The Labute approximate surface area is 209 Å². The van der Waals surface area contributed by atoms with Gasteiger partial charge in [-0.2, -0.15) is 0 Å². The standard InChI is InChI=1S/C24H24FN7O5/c1-15(33)27-20-13-24(20)14-29(23(36)37-24)17-2-3-19(18(25)12-17)28-8-10-30-21(34)32(16-4-6-26-7-5-16)22(35)31(30)11-9-28/h2-7,12,20H,8-11,13-14H2,1H3,(H,27,33)/t20-,24-/m0/s1. The van der Waals surface area contributed by atoms with Crippen LogP contribution in [0.2, 0.25) is 0 Å². The highest BCUT2D eigenvalue weighted by atomic mass is 19.1. The summed E-state index contributed by atoms with van der Waals surface area (Å²) in [5, 5.41) is 2.76. The molecule has 192 valence electrons. The molecule has 2 atom stereocenters. The Morgan fingerprint density at radius 3 is 2.32 bits per heavy atom. The Morgan fingerprint density at radius 2 is 1.70 bits per heavy atom. The van der Waals surface area contributed by atoms with Gasteiger partial charge in [0.2, 0.25) is 5.91 Å². The number of nitrogens with one attached hydrogen (secondary N) is 1. The van der Waals surface area contributed by atoms with E-state index in [1.807, 2.05) is 0 Å². The summed E-state index contributed by atoms with van der Waals surface area (Å²) in [6.45, 7) is 2.63. The zero-order valence-electron chi connectivity index (χ0n) is 20.0. The van der Waals surface area contributed by atoms with Crippen LogP contribution in [0.25, 0.3) is 5.69 Å². The predicted molar refractivity (Wildman–Crippen MR) is 129 cm³/mol. The topological polar surface area (TPSA) is 124 Å². The van der Waals surface area contributed by atoms with Gasteiger partial charge >= 0.3 is 17.5 Å². The van der Waals surface area contributed by atoms with Crippen molar-refractivity contribution >= 4 is 23.4 Å². The van der Waals surface area contributed by atoms with Gasteiger partial charge in [-0.3, -0.25) is 14.7 Å². The average molecular weight is 509 g/mol. The van der Waals surface area contributed by atoms with E-state index in [0.717, 1.165) is 4.57 Å². The van der Waals surface area contributed by atoms with Crippen LogP contribution >= 0.6 is 0 Å². The Balaban J connectivity index is 1.20. The molecule has 0 unspecified atom stereocenters. The van der Waals surface area contributed by atoms with Crippen LogP contribution in [0.15, 0.2) is 52.3 Å². The number of ether oxygens (including phenoxy) is 1. The molecule has 13 heteroatoms. The van der Waals surface area contributed by atoms with Crippen LogP contribution in [0.3, 0.4) is 0 Å². The van der Waals surface area contributed by atoms with Crippen LogP contribution in [0.4, 0.5) is 20.6 Å². The number of benzene rings is 1. The van der Waals surface area contributed by atoms with Crippen molar-refractivity contribution in [2.75, 3.05) is 29.4 Å². The Kier molecular flexibility index (Phi) is 5.17. The molecular formula is C24H24FN7O5. The molecule has 1 aliphatic carbocycles. The van der Waals surface area contributed by atoms with E-state index in [2.05, 4.69) is 10.3 Å². The highest BCUT2D eigenvalue weighted by Gasteiger charge is 2.64. The van der Waals surface area contributed by atoms with Gasteiger partial charge in [-0.15, -0.1) is 0 Å². The van der Waals surface area contributed by atoms with Gasteiger partial charge in [0, 0.05) is 38.8 Å². The van der Waals surface area contributed by atoms with Gasteiger partial charge in [-0.25, -0.2) is 32.7 Å². The number of pyridine rings is 1. The summed E-state index contributed by atoms with van der Waals surface area (Å²) >= 11 is 0. The summed E-state index contributed by atoms with van der Waals surface area (Å²) in [5.74, 6) is -0.733. The van der Waals surface area contributed by atoms with E-state index in [-0.39, 0.29) is 31.6 Å². The van der Waals surface area contributed by atoms with Gasteiger partial charge in [0.15, 0.2) is 5.60 Å². The Bertz CT molecular complexity index is 1490. The Morgan fingerprint density at radius 1 is 1.03 bits per heavy atom. The maximum Gasteiger partial charge on any atom is 0.415 e. The molecule has 0 radical (unpaired) electrons. The van der Waals surface area contributed by atoms with Crippen molar-refractivity contribution in [3.8, 4) is 5.69 Å². The minimum absolute atomic E-state index is 0.193. The van der Waals surface area contributed by atoms with E-state index >= 15 is 4.39 Å². The summed E-state index contributed by atoms with van der Waals surface area (Å²) in [4.78, 5) is 56.8. The summed E-state index contributed by atoms with van der Waals surface area (Å²) in [6.07, 6.45) is 2.96. The smallest absolute Gasteiger partial charge is 0.415 e. The van der Waals surface area contributed by atoms with Crippen LogP contribution in [-0.4, -0.2) is 62.2 Å². The van der Waals surface area contributed by atoms with Crippen molar-refractivity contribution in [1.82, 2.24) is 24.2 Å². The van der Waals surface area contributed by atoms with E-state index in [4.69, 9.17) is 4.74 Å². The normalized spacial score (nSPS) is 22.5. The Hall–Kier alpha value is -4.42. The molecule has 1 spiro atoms. The monoisotopic (exact) mass is 509 g/mol. The minimum Gasteiger partial charge on any atom is -0.438 e. The molecule has 1 saturated carbocycles. The van der Waals surface area contributed by atoms with E-state index in [1.54, 1.807) is 29.2 Å². The first kappa shape index (κ1) is 23.0. The maximum absolute atomic E-state index is 15.3. The number of carbonyl (C=O) groups is 2. The summed E-state index contributed by atoms with van der Waals surface area (Å²) in [7, 11) is 0. The van der Waals surface area contributed by atoms with Crippen molar-refractivity contribution < 1.29 is 18.7 Å². The van der Waals surface area contributed by atoms with Gasteiger partial charge in [-0.05, 0) is 30.3 Å². The average Bonchev–Trinajstić information content (AvgIpc) is 3.40. The maximum atomic E-state index is 15.3. The molecule has 2 aliphatic heterocycles. The number of rotatable bonds is 4. The zero-order valence-corrected chi connectivity index (χ0v) is 20.0. The van der Waals surface area contributed by atoms with Crippen molar-refractivity contribution in [3.63, 3.8) is 0 Å². The van der Waals surface area contributed by atoms with Gasteiger partial charge in [0.1, 0.15) is 5.82 Å². The fourth-order valence-electron chi connectivity index (χ4n) is 5.16. The third kappa shape index (κ3) is 3.77. The number of halogens is 1. The number of carbonyl (C=O) groups excluding carboxylic acids is 2. The highest BCUT2D eigenvalue weighted by Crippen LogP contribution is 2.46. The van der Waals surface area contributed by atoms with Crippen molar-refractivity contribution in [2.24, 2.45) is 0 Å². The van der Waals surface area contributed by atoms with Crippen molar-refractivity contribution in [2.45, 2.75) is 38.1 Å². The van der Waals surface area contributed by atoms with Gasteiger partial charge in [-0.1, -0.05) is 0 Å². The first-order valence-electron chi connectivity index (χ1n) is 11.9. The lowest BCUT2D eigenvalue weighted by atomic mass is 10.2. The van der Waals surface area contributed by atoms with Gasteiger partial charge in [0.25, 0.3) is 0 Å². The number of hydrogen-bond donors (Lipinski definition) is 1. The van der Waals surface area contributed by atoms with Crippen LogP contribution in [-0.2, 0) is 22.6 Å². The third-order valence-corrected chi connectivity index (χ3v) is 7.12. The van der Waals surface area contributed by atoms with E-state index < -0.39 is 28.9 Å².